The quantitative estimate of drug-likeness (QED) is 0.851. The predicted octanol–water partition coefficient (Wildman–Crippen LogP) is 2.86. The number of ether oxygens (including phenoxy) is 2. The third-order valence-electron chi connectivity index (χ3n) is 3.59. The normalized spacial score (nSPS) is 19.5. The lowest BCUT2D eigenvalue weighted by Gasteiger charge is -2.14. The molecule has 102 valence electrons. The molecule has 2 heterocycles. The Morgan fingerprint density at radius 2 is 2.26 bits per heavy atom. The summed E-state index contributed by atoms with van der Waals surface area (Å²) in [5.41, 5.74) is 2.28. The lowest BCUT2D eigenvalue weighted by molar-refractivity contribution is 0.142. The van der Waals surface area contributed by atoms with Gasteiger partial charge in [-0.15, -0.1) is 0 Å². The first-order valence-electron chi connectivity index (χ1n) is 6.86. The molecule has 0 radical (unpaired) electrons. The molecule has 1 aromatic heterocycles. The van der Waals surface area contributed by atoms with Crippen LogP contribution in [0.1, 0.15) is 31.7 Å². The Bertz CT molecular complexity index is 583. The van der Waals surface area contributed by atoms with Crippen LogP contribution in [0.5, 0.6) is 5.75 Å². The molecule has 1 aromatic carbocycles. The van der Waals surface area contributed by atoms with Gasteiger partial charge in [-0.05, 0) is 17.5 Å². The van der Waals surface area contributed by atoms with Gasteiger partial charge in [-0.3, -0.25) is 4.68 Å². The van der Waals surface area contributed by atoms with Crippen molar-refractivity contribution in [1.29, 1.82) is 0 Å². The van der Waals surface area contributed by atoms with E-state index < -0.39 is 0 Å². The van der Waals surface area contributed by atoms with Gasteiger partial charge in [0.15, 0.2) is 0 Å². The zero-order chi connectivity index (χ0) is 13.4. The highest BCUT2D eigenvalue weighted by Crippen LogP contribution is 2.32. The molecule has 4 heteroatoms. The van der Waals surface area contributed by atoms with Crippen LogP contribution in [-0.2, 0) is 11.8 Å². The standard InChI is InChI=1S/C15H20N2O2/c1-10(2)12-4-5-14(19-11-6-7-18-9-11)15-13(12)8-17(3)16-15/h4-5,8,10-11H,6-7,9H2,1-3H3. The van der Waals surface area contributed by atoms with Gasteiger partial charge in [-0.2, -0.15) is 5.10 Å². The molecule has 1 atom stereocenters. The highest BCUT2D eigenvalue weighted by molar-refractivity contribution is 5.87. The van der Waals surface area contributed by atoms with Crippen molar-refractivity contribution in [2.75, 3.05) is 13.2 Å². The summed E-state index contributed by atoms with van der Waals surface area (Å²) in [4.78, 5) is 0. The summed E-state index contributed by atoms with van der Waals surface area (Å²) < 4.78 is 13.2. The van der Waals surface area contributed by atoms with E-state index in [9.17, 15) is 0 Å². The number of aromatic nitrogens is 2. The minimum Gasteiger partial charge on any atom is -0.486 e. The monoisotopic (exact) mass is 260 g/mol. The van der Waals surface area contributed by atoms with Crippen molar-refractivity contribution in [2.24, 2.45) is 7.05 Å². The van der Waals surface area contributed by atoms with E-state index in [4.69, 9.17) is 9.47 Å². The first-order chi connectivity index (χ1) is 9.15. The summed E-state index contributed by atoms with van der Waals surface area (Å²) in [6.07, 6.45) is 3.19. The lowest BCUT2D eigenvalue weighted by Crippen LogP contribution is -2.16. The predicted molar refractivity (Wildman–Crippen MR) is 74.7 cm³/mol. The molecule has 1 saturated heterocycles. The molecule has 1 aliphatic heterocycles. The first kappa shape index (κ1) is 12.5. The van der Waals surface area contributed by atoms with Gasteiger partial charge in [0.25, 0.3) is 0 Å². The molecular formula is C15H20N2O2. The van der Waals surface area contributed by atoms with Gasteiger partial charge < -0.3 is 9.47 Å². The topological polar surface area (TPSA) is 36.3 Å². The molecule has 0 amide bonds. The molecule has 0 aliphatic carbocycles. The van der Waals surface area contributed by atoms with Crippen LogP contribution in [-0.4, -0.2) is 29.1 Å². The fraction of sp³-hybridized carbons (Fsp3) is 0.533. The van der Waals surface area contributed by atoms with Crippen molar-refractivity contribution in [3.8, 4) is 5.75 Å². The van der Waals surface area contributed by atoms with Crippen LogP contribution in [0.25, 0.3) is 10.9 Å². The van der Waals surface area contributed by atoms with E-state index in [-0.39, 0.29) is 6.10 Å². The average Bonchev–Trinajstić information content (AvgIpc) is 2.97. The number of fused-ring (bicyclic) bond motifs is 1. The highest BCUT2D eigenvalue weighted by atomic mass is 16.5. The van der Waals surface area contributed by atoms with Crippen molar-refractivity contribution in [2.45, 2.75) is 32.3 Å². The first-order valence-corrected chi connectivity index (χ1v) is 6.86. The molecule has 0 bridgehead atoms. The Kier molecular flexibility index (Phi) is 3.19. The van der Waals surface area contributed by atoms with Gasteiger partial charge in [-0.25, -0.2) is 0 Å². The fourth-order valence-electron chi connectivity index (χ4n) is 2.60. The van der Waals surface area contributed by atoms with Crippen LogP contribution < -0.4 is 4.74 Å². The van der Waals surface area contributed by atoms with Gasteiger partial charge >= 0.3 is 0 Å². The summed E-state index contributed by atoms with van der Waals surface area (Å²) in [5.74, 6) is 1.35. The van der Waals surface area contributed by atoms with Crippen LogP contribution in [0, 0.1) is 0 Å². The van der Waals surface area contributed by atoms with E-state index in [1.165, 1.54) is 10.9 Å². The number of hydrogen-bond donors (Lipinski definition) is 0. The number of aryl methyl sites for hydroxylation is 1. The maximum absolute atomic E-state index is 6.04. The third-order valence-corrected chi connectivity index (χ3v) is 3.59. The average molecular weight is 260 g/mol. The van der Waals surface area contributed by atoms with Crippen molar-refractivity contribution < 1.29 is 9.47 Å². The van der Waals surface area contributed by atoms with Gasteiger partial charge in [0.05, 0.1) is 13.2 Å². The Balaban J connectivity index is 2.02. The van der Waals surface area contributed by atoms with Crippen LogP contribution in [0.3, 0.4) is 0 Å². The number of benzene rings is 1. The molecule has 2 aromatic rings. The Labute approximate surface area is 113 Å². The second-order valence-electron chi connectivity index (χ2n) is 5.48. The van der Waals surface area contributed by atoms with E-state index in [1.807, 2.05) is 17.8 Å². The Morgan fingerprint density at radius 1 is 1.42 bits per heavy atom. The summed E-state index contributed by atoms with van der Waals surface area (Å²) in [7, 11) is 1.95. The van der Waals surface area contributed by atoms with Crippen LogP contribution in [0.2, 0.25) is 0 Å². The summed E-state index contributed by atoms with van der Waals surface area (Å²) in [6.45, 7) is 5.88. The molecule has 19 heavy (non-hydrogen) atoms. The minimum absolute atomic E-state index is 0.162. The molecule has 1 fully saturated rings. The minimum atomic E-state index is 0.162. The summed E-state index contributed by atoms with van der Waals surface area (Å²) >= 11 is 0. The van der Waals surface area contributed by atoms with Gasteiger partial charge in [0.2, 0.25) is 0 Å². The molecule has 1 unspecified atom stereocenters. The van der Waals surface area contributed by atoms with E-state index in [0.29, 0.717) is 12.5 Å². The molecular weight excluding hydrogens is 240 g/mol. The van der Waals surface area contributed by atoms with Crippen molar-refractivity contribution in [1.82, 2.24) is 9.78 Å². The lowest BCUT2D eigenvalue weighted by atomic mass is 9.99. The van der Waals surface area contributed by atoms with Gasteiger partial charge in [0, 0.05) is 25.1 Å². The van der Waals surface area contributed by atoms with Gasteiger partial charge in [-0.1, -0.05) is 19.9 Å². The van der Waals surface area contributed by atoms with E-state index in [1.54, 1.807) is 0 Å². The molecule has 0 saturated carbocycles. The van der Waals surface area contributed by atoms with Crippen molar-refractivity contribution in [3.63, 3.8) is 0 Å². The largest absolute Gasteiger partial charge is 0.486 e. The number of nitrogens with zero attached hydrogens (tertiary/aromatic N) is 2. The molecule has 0 N–H and O–H groups in total. The van der Waals surface area contributed by atoms with Crippen LogP contribution in [0.4, 0.5) is 0 Å². The summed E-state index contributed by atoms with van der Waals surface area (Å²) in [5, 5.41) is 5.74. The van der Waals surface area contributed by atoms with E-state index >= 15 is 0 Å². The van der Waals surface area contributed by atoms with Crippen LogP contribution >= 0.6 is 0 Å². The third kappa shape index (κ3) is 2.32. The zero-order valence-electron chi connectivity index (χ0n) is 11.7. The molecule has 4 nitrogen and oxygen atoms in total. The molecule has 0 spiro atoms. The second-order valence-corrected chi connectivity index (χ2v) is 5.48. The summed E-state index contributed by atoms with van der Waals surface area (Å²) in [6, 6.07) is 4.20. The van der Waals surface area contributed by atoms with E-state index in [0.717, 1.165) is 24.3 Å². The molecule has 1 aliphatic rings. The number of rotatable bonds is 3. The smallest absolute Gasteiger partial charge is 0.147 e. The molecule has 3 rings (SSSR count). The number of hydrogen-bond acceptors (Lipinski definition) is 3. The Hall–Kier alpha value is -1.55. The Morgan fingerprint density at radius 3 is 2.95 bits per heavy atom. The van der Waals surface area contributed by atoms with Crippen LogP contribution in [0.15, 0.2) is 18.3 Å². The highest BCUT2D eigenvalue weighted by Gasteiger charge is 2.20. The van der Waals surface area contributed by atoms with Gasteiger partial charge in [0.1, 0.15) is 17.4 Å². The second kappa shape index (κ2) is 4.85. The SMILES string of the molecule is CC(C)c1ccc(OC2CCOC2)c2nn(C)cc12. The maximum atomic E-state index is 6.04. The zero-order valence-corrected chi connectivity index (χ0v) is 11.7. The maximum Gasteiger partial charge on any atom is 0.147 e. The van der Waals surface area contributed by atoms with Crippen molar-refractivity contribution >= 4 is 10.9 Å². The fourth-order valence-corrected chi connectivity index (χ4v) is 2.60. The van der Waals surface area contributed by atoms with E-state index in [2.05, 4.69) is 31.2 Å². The van der Waals surface area contributed by atoms with Crippen molar-refractivity contribution in [3.05, 3.63) is 23.9 Å².